The molecule has 33 heavy (non-hydrogen) atoms. The largest absolute Gasteiger partial charge is 0.493 e. The number of hydrogen-bond donors (Lipinski definition) is 0. The highest BCUT2D eigenvalue weighted by molar-refractivity contribution is 14.1. The van der Waals surface area contributed by atoms with Crippen LogP contribution in [0.1, 0.15) is 16.7 Å². The van der Waals surface area contributed by atoms with Gasteiger partial charge in [0.15, 0.2) is 17.2 Å². The zero-order chi connectivity index (χ0) is 23.5. The summed E-state index contributed by atoms with van der Waals surface area (Å²) in [5, 5.41) is 0.682. The Balaban J connectivity index is 1.61. The van der Waals surface area contributed by atoms with Crippen molar-refractivity contribution in [3.8, 4) is 11.5 Å². The van der Waals surface area contributed by atoms with Gasteiger partial charge in [-0.2, -0.15) is 0 Å². The number of methoxy groups -OCH3 is 1. The number of nitrogens with zero attached hydrogens (tertiary/aromatic N) is 1. The van der Waals surface area contributed by atoms with E-state index in [2.05, 4.69) is 27.6 Å². The lowest BCUT2D eigenvalue weighted by molar-refractivity contribution is -0.129. The maximum Gasteiger partial charge on any atom is 0.363 e. The molecular weight excluding hydrogens is 583 g/mol. The van der Waals surface area contributed by atoms with E-state index >= 15 is 0 Å². The second-order valence-electron chi connectivity index (χ2n) is 6.91. The Bertz CT molecular complexity index is 1310. The number of halogens is 4. The average Bonchev–Trinajstić information content (AvgIpc) is 3.14. The van der Waals surface area contributed by atoms with E-state index in [-0.39, 0.29) is 29.0 Å². The van der Waals surface area contributed by atoms with Crippen LogP contribution in [0.5, 0.6) is 11.5 Å². The molecule has 5 nitrogen and oxygen atoms in total. The van der Waals surface area contributed by atoms with Crippen molar-refractivity contribution in [2.75, 3.05) is 7.11 Å². The molecule has 0 saturated carbocycles. The molecule has 0 saturated heterocycles. The fraction of sp³-hybridized carbons (Fsp3) is 0.0833. The van der Waals surface area contributed by atoms with Crippen LogP contribution in [0.3, 0.4) is 0 Å². The van der Waals surface area contributed by atoms with Crippen LogP contribution in [0.4, 0.5) is 4.39 Å². The summed E-state index contributed by atoms with van der Waals surface area (Å²) in [5.74, 6) is -0.188. The number of ether oxygens (including phenoxy) is 3. The molecule has 0 unspecified atom stereocenters. The lowest BCUT2D eigenvalue weighted by Crippen LogP contribution is -2.06. The molecule has 0 bridgehead atoms. The lowest BCUT2D eigenvalue weighted by atomic mass is 10.1. The highest BCUT2D eigenvalue weighted by Crippen LogP contribution is 2.38. The minimum absolute atomic E-state index is 0.0893. The predicted molar refractivity (Wildman–Crippen MR) is 134 cm³/mol. The van der Waals surface area contributed by atoms with E-state index in [1.165, 1.54) is 25.3 Å². The number of carbonyl (C=O) groups excluding carboxylic acids is 1. The second kappa shape index (κ2) is 10.1. The van der Waals surface area contributed by atoms with Crippen molar-refractivity contribution in [3.05, 3.63) is 96.4 Å². The van der Waals surface area contributed by atoms with Gasteiger partial charge in [0.25, 0.3) is 0 Å². The van der Waals surface area contributed by atoms with Crippen molar-refractivity contribution in [3.63, 3.8) is 0 Å². The van der Waals surface area contributed by atoms with Gasteiger partial charge in [-0.15, -0.1) is 0 Å². The summed E-state index contributed by atoms with van der Waals surface area (Å²) in [5.41, 5.74) is 1.81. The average molecular weight is 598 g/mol. The van der Waals surface area contributed by atoms with Gasteiger partial charge in [-0.05, 0) is 82.3 Å². The number of cyclic esters (lactones) is 1. The number of aliphatic imine (C=N–C) groups is 1. The third-order valence-corrected chi connectivity index (χ3v) is 5.89. The molecule has 1 aliphatic rings. The van der Waals surface area contributed by atoms with Gasteiger partial charge >= 0.3 is 5.97 Å². The number of carbonyl (C=O) groups is 1. The smallest absolute Gasteiger partial charge is 0.363 e. The third-order valence-electron chi connectivity index (χ3n) is 4.61. The van der Waals surface area contributed by atoms with Crippen molar-refractivity contribution < 1.29 is 23.4 Å². The van der Waals surface area contributed by atoms with E-state index in [9.17, 15) is 9.18 Å². The summed E-state index contributed by atoms with van der Waals surface area (Å²) in [4.78, 5) is 16.7. The Hall–Kier alpha value is -2.62. The fourth-order valence-corrected chi connectivity index (χ4v) is 4.05. The van der Waals surface area contributed by atoms with E-state index in [1.807, 2.05) is 6.07 Å². The van der Waals surface area contributed by atoms with E-state index < -0.39 is 5.97 Å². The van der Waals surface area contributed by atoms with E-state index in [0.717, 1.165) is 3.57 Å². The summed E-state index contributed by atoms with van der Waals surface area (Å²) in [7, 11) is 1.47. The van der Waals surface area contributed by atoms with Gasteiger partial charge in [-0.3, -0.25) is 0 Å². The van der Waals surface area contributed by atoms with Crippen LogP contribution in [0, 0.1) is 9.39 Å². The first kappa shape index (κ1) is 23.5. The zero-order valence-corrected chi connectivity index (χ0v) is 20.7. The third kappa shape index (κ3) is 5.48. The van der Waals surface area contributed by atoms with Crippen LogP contribution in [-0.2, 0) is 16.1 Å². The monoisotopic (exact) mass is 597 g/mol. The summed E-state index contributed by atoms with van der Waals surface area (Å²) >= 11 is 14.8. The highest BCUT2D eigenvalue weighted by Gasteiger charge is 2.26. The molecule has 1 heterocycles. The predicted octanol–water partition coefficient (Wildman–Crippen LogP) is 6.67. The topological polar surface area (TPSA) is 57.1 Å². The van der Waals surface area contributed by atoms with Crippen molar-refractivity contribution in [1.82, 2.24) is 0 Å². The van der Waals surface area contributed by atoms with E-state index in [0.29, 0.717) is 33.2 Å². The minimum Gasteiger partial charge on any atom is -0.493 e. The molecule has 0 N–H and O–H groups in total. The van der Waals surface area contributed by atoms with Crippen molar-refractivity contribution in [2.45, 2.75) is 6.61 Å². The summed E-state index contributed by atoms with van der Waals surface area (Å²) in [6.45, 7) is 0.102. The molecule has 0 spiro atoms. The first-order valence-electron chi connectivity index (χ1n) is 9.57. The molecule has 168 valence electrons. The Kier molecular flexibility index (Phi) is 7.21. The Morgan fingerprint density at radius 1 is 1.12 bits per heavy atom. The standard InChI is InChI=1S/C24H15Cl2FINO4/c1-31-21-10-14(8-19(26)22(21)32-12-13-3-2-4-15(27)7-13)9-20-24(30)33-23(29-20)17-11-16(28)5-6-18(17)25/h2-11H,12H2,1H3/b20-9-. The van der Waals surface area contributed by atoms with Gasteiger partial charge in [0.1, 0.15) is 12.4 Å². The van der Waals surface area contributed by atoms with Crippen LogP contribution in [-0.4, -0.2) is 19.0 Å². The minimum atomic E-state index is -0.610. The molecule has 3 aromatic carbocycles. The molecule has 1 aliphatic heterocycles. The molecule has 0 amide bonds. The maximum absolute atomic E-state index is 13.4. The van der Waals surface area contributed by atoms with Gasteiger partial charge < -0.3 is 14.2 Å². The van der Waals surface area contributed by atoms with Crippen LogP contribution in [0.25, 0.3) is 6.08 Å². The quantitative estimate of drug-likeness (QED) is 0.181. The Morgan fingerprint density at radius 3 is 2.70 bits per heavy atom. The number of esters is 1. The van der Waals surface area contributed by atoms with Crippen molar-refractivity contribution in [1.29, 1.82) is 0 Å². The van der Waals surface area contributed by atoms with Crippen LogP contribution < -0.4 is 9.47 Å². The number of hydrogen-bond acceptors (Lipinski definition) is 5. The van der Waals surface area contributed by atoms with Crippen molar-refractivity contribution in [2.24, 2.45) is 4.99 Å². The van der Waals surface area contributed by atoms with Gasteiger partial charge in [0, 0.05) is 3.57 Å². The maximum atomic E-state index is 13.4. The fourth-order valence-electron chi connectivity index (χ4n) is 3.09. The van der Waals surface area contributed by atoms with Gasteiger partial charge in [0.2, 0.25) is 5.90 Å². The lowest BCUT2D eigenvalue weighted by Gasteiger charge is -2.13. The molecule has 0 aromatic heterocycles. The molecule has 0 aliphatic carbocycles. The van der Waals surface area contributed by atoms with Gasteiger partial charge in [-0.1, -0.05) is 35.3 Å². The molecule has 9 heteroatoms. The molecule has 4 rings (SSSR count). The Labute approximate surface area is 212 Å². The molecule has 0 atom stereocenters. The SMILES string of the molecule is COc1cc(/C=C2\N=C(c3cc(I)ccc3Cl)OC2=O)cc(Cl)c1OCc1cccc(F)c1. The van der Waals surface area contributed by atoms with Crippen LogP contribution in [0.15, 0.2) is 65.3 Å². The normalized spacial score (nSPS) is 14.3. The first-order chi connectivity index (χ1) is 15.8. The van der Waals surface area contributed by atoms with Crippen LogP contribution in [0.2, 0.25) is 10.0 Å². The summed E-state index contributed by atoms with van der Waals surface area (Å²) in [6, 6.07) is 14.7. The molecule has 0 fully saturated rings. The number of rotatable bonds is 6. The van der Waals surface area contributed by atoms with E-state index in [4.69, 9.17) is 37.4 Å². The number of benzene rings is 3. The molecule has 0 radical (unpaired) electrons. The zero-order valence-electron chi connectivity index (χ0n) is 17.1. The second-order valence-corrected chi connectivity index (χ2v) is 8.97. The molecular formula is C24H15Cl2FINO4. The highest BCUT2D eigenvalue weighted by atomic mass is 127. The molecule has 3 aromatic rings. The summed E-state index contributed by atoms with van der Waals surface area (Å²) < 4.78 is 30.8. The first-order valence-corrected chi connectivity index (χ1v) is 11.4. The van der Waals surface area contributed by atoms with E-state index in [1.54, 1.807) is 36.4 Å². The van der Waals surface area contributed by atoms with Crippen LogP contribution >= 0.6 is 45.8 Å². The Morgan fingerprint density at radius 2 is 1.94 bits per heavy atom. The summed E-state index contributed by atoms with van der Waals surface area (Å²) in [6.07, 6.45) is 1.53. The van der Waals surface area contributed by atoms with Crippen molar-refractivity contribution >= 4 is 63.7 Å². The van der Waals surface area contributed by atoms with Gasteiger partial charge in [-0.25, -0.2) is 14.2 Å². The van der Waals surface area contributed by atoms with Gasteiger partial charge in [0.05, 0.1) is 22.7 Å².